The topological polar surface area (TPSA) is 74.4 Å². The Kier molecular flexibility index (Phi) is 1.83. The second-order valence-electron chi connectivity index (χ2n) is 3.40. The van der Waals surface area contributed by atoms with Crippen LogP contribution < -0.4 is 0 Å². The third-order valence-corrected chi connectivity index (χ3v) is 2.44. The molecule has 0 bridgehead atoms. The van der Waals surface area contributed by atoms with Crippen molar-refractivity contribution in [1.82, 2.24) is 20.2 Å². The summed E-state index contributed by atoms with van der Waals surface area (Å²) in [4.78, 5) is 19.2. The smallest absolute Gasteiger partial charge is 0.212 e. The number of carbonyl (C=O) groups is 1. The summed E-state index contributed by atoms with van der Waals surface area (Å²) < 4.78 is 0. The molecule has 0 atom stereocenters. The van der Waals surface area contributed by atoms with Crippen LogP contribution in [0.1, 0.15) is 16.1 Å². The third-order valence-electron chi connectivity index (χ3n) is 2.44. The summed E-state index contributed by atoms with van der Waals surface area (Å²) in [7, 11) is 0. The van der Waals surface area contributed by atoms with Crippen LogP contribution in [0.5, 0.6) is 0 Å². The standard InChI is InChI=1S/C11H8N4O/c16-10(9-3-5-14-15-9)8-6-13-11-7(8)2-1-4-12-11/h1-6H,(H,12,13)(H,14,15). The number of nitrogens with one attached hydrogen (secondary N) is 2. The molecule has 0 spiro atoms. The number of aromatic amines is 2. The molecule has 3 rings (SSSR count). The van der Waals surface area contributed by atoms with E-state index in [1.165, 1.54) is 0 Å². The van der Waals surface area contributed by atoms with Gasteiger partial charge >= 0.3 is 0 Å². The normalized spacial score (nSPS) is 10.8. The van der Waals surface area contributed by atoms with Gasteiger partial charge in [0, 0.05) is 24.0 Å². The molecule has 0 aliphatic heterocycles. The largest absolute Gasteiger partial charge is 0.345 e. The van der Waals surface area contributed by atoms with Gasteiger partial charge in [-0.2, -0.15) is 5.10 Å². The number of aromatic nitrogens is 4. The first-order valence-electron chi connectivity index (χ1n) is 4.82. The molecule has 0 aromatic carbocycles. The predicted octanol–water partition coefficient (Wildman–Crippen LogP) is 1.52. The molecule has 0 saturated carbocycles. The van der Waals surface area contributed by atoms with Crippen LogP contribution in [0.3, 0.4) is 0 Å². The van der Waals surface area contributed by atoms with Crippen LogP contribution in [-0.4, -0.2) is 25.9 Å². The van der Waals surface area contributed by atoms with Crippen LogP contribution >= 0.6 is 0 Å². The van der Waals surface area contributed by atoms with E-state index in [-0.39, 0.29) is 5.78 Å². The van der Waals surface area contributed by atoms with E-state index in [1.54, 1.807) is 30.7 Å². The number of carbonyl (C=O) groups excluding carboxylic acids is 1. The van der Waals surface area contributed by atoms with Crippen molar-refractivity contribution in [3.8, 4) is 0 Å². The van der Waals surface area contributed by atoms with E-state index in [2.05, 4.69) is 20.2 Å². The zero-order valence-electron chi connectivity index (χ0n) is 8.27. The lowest BCUT2D eigenvalue weighted by molar-refractivity contribution is 0.103. The van der Waals surface area contributed by atoms with Gasteiger partial charge in [0.05, 0.1) is 5.56 Å². The molecule has 0 aliphatic rings. The molecule has 5 nitrogen and oxygen atoms in total. The van der Waals surface area contributed by atoms with E-state index in [9.17, 15) is 4.79 Å². The molecule has 0 saturated heterocycles. The van der Waals surface area contributed by atoms with Crippen molar-refractivity contribution in [2.75, 3.05) is 0 Å². The predicted molar refractivity (Wildman–Crippen MR) is 58.1 cm³/mol. The molecule has 0 aliphatic carbocycles. The molecule has 0 radical (unpaired) electrons. The fraction of sp³-hybridized carbons (Fsp3) is 0. The lowest BCUT2D eigenvalue weighted by Crippen LogP contribution is -2.00. The molecule has 2 N–H and O–H groups in total. The van der Waals surface area contributed by atoms with Crippen molar-refractivity contribution in [2.24, 2.45) is 0 Å². The molecule has 3 aromatic rings. The first-order chi connectivity index (χ1) is 7.86. The van der Waals surface area contributed by atoms with Crippen LogP contribution in [0.2, 0.25) is 0 Å². The highest BCUT2D eigenvalue weighted by atomic mass is 16.1. The van der Waals surface area contributed by atoms with E-state index in [1.807, 2.05) is 6.07 Å². The molecule has 3 aromatic heterocycles. The molecule has 3 heterocycles. The van der Waals surface area contributed by atoms with Gasteiger partial charge in [-0.05, 0) is 18.2 Å². The van der Waals surface area contributed by atoms with Gasteiger partial charge in [-0.15, -0.1) is 0 Å². The van der Waals surface area contributed by atoms with E-state index in [0.29, 0.717) is 16.9 Å². The summed E-state index contributed by atoms with van der Waals surface area (Å²) in [6, 6.07) is 5.32. The summed E-state index contributed by atoms with van der Waals surface area (Å²) in [6.45, 7) is 0. The monoisotopic (exact) mass is 212 g/mol. The van der Waals surface area contributed by atoms with Gasteiger partial charge in [-0.25, -0.2) is 4.98 Å². The minimum atomic E-state index is -0.0863. The number of rotatable bonds is 2. The maximum atomic E-state index is 12.1. The van der Waals surface area contributed by atoms with Gasteiger partial charge in [-0.3, -0.25) is 9.89 Å². The lowest BCUT2D eigenvalue weighted by Gasteiger charge is -1.94. The Morgan fingerprint density at radius 3 is 3.00 bits per heavy atom. The quantitative estimate of drug-likeness (QED) is 0.632. The number of H-pyrrole nitrogens is 2. The Morgan fingerprint density at radius 1 is 1.25 bits per heavy atom. The van der Waals surface area contributed by atoms with E-state index in [0.717, 1.165) is 5.39 Å². The average Bonchev–Trinajstić information content (AvgIpc) is 2.98. The van der Waals surface area contributed by atoms with Crippen LogP contribution in [0, 0.1) is 0 Å². The third kappa shape index (κ3) is 1.22. The second-order valence-corrected chi connectivity index (χ2v) is 3.40. The number of pyridine rings is 1. The number of hydrogen-bond donors (Lipinski definition) is 2. The molecule has 16 heavy (non-hydrogen) atoms. The molecule has 5 heteroatoms. The highest BCUT2D eigenvalue weighted by molar-refractivity contribution is 6.14. The SMILES string of the molecule is O=C(c1ccn[nH]1)c1c[nH]c2ncccc12. The van der Waals surface area contributed by atoms with Gasteiger partial charge in [0.15, 0.2) is 0 Å². The summed E-state index contributed by atoms with van der Waals surface area (Å²) >= 11 is 0. The van der Waals surface area contributed by atoms with E-state index < -0.39 is 0 Å². The van der Waals surface area contributed by atoms with Crippen molar-refractivity contribution >= 4 is 16.8 Å². The van der Waals surface area contributed by atoms with Crippen LogP contribution in [0.15, 0.2) is 36.8 Å². The van der Waals surface area contributed by atoms with Gasteiger partial charge in [0.1, 0.15) is 11.3 Å². The Labute approximate surface area is 90.5 Å². The number of nitrogens with zero attached hydrogens (tertiary/aromatic N) is 2. The Hall–Kier alpha value is -2.43. The van der Waals surface area contributed by atoms with Crippen molar-refractivity contribution < 1.29 is 4.79 Å². The summed E-state index contributed by atoms with van der Waals surface area (Å²) in [5.41, 5.74) is 1.79. The van der Waals surface area contributed by atoms with E-state index in [4.69, 9.17) is 0 Å². The minimum Gasteiger partial charge on any atom is -0.345 e. The van der Waals surface area contributed by atoms with Gasteiger partial charge < -0.3 is 4.98 Å². The molecule has 0 amide bonds. The number of fused-ring (bicyclic) bond motifs is 1. The zero-order chi connectivity index (χ0) is 11.0. The van der Waals surface area contributed by atoms with Crippen LogP contribution in [-0.2, 0) is 0 Å². The summed E-state index contributed by atoms with van der Waals surface area (Å²) in [5.74, 6) is -0.0863. The Balaban J connectivity index is 2.16. The fourth-order valence-corrected chi connectivity index (χ4v) is 1.67. The Bertz CT molecular complexity index is 639. The number of ketones is 1. The molecule has 0 unspecified atom stereocenters. The number of hydrogen-bond acceptors (Lipinski definition) is 3. The van der Waals surface area contributed by atoms with Crippen molar-refractivity contribution in [3.63, 3.8) is 0 Å². The maximum Gasteiger partial charge on any atom is 0.212 e. The van der Waals surface area contributed by atoms with Crippen molar-refractivity contribution in [2.45, 2.75) is 0 Å². The summed E-state index contributed by atoms with van der Waals surface area (Å²) in [6.07, 6.45) is 4.91. The molecule has 78 valence electrons. The van der Waals surface area contributed by atoms with Gasteiger partial charge in [0.25, 0.3) is 0 Å². The van der Waals surface area contributed by atoms with Crippen LogP contribution in [0.4, 0.5) is 0 Å². The summed E-state index contributed by atoms with van der Waals surface area (Å²) in [5, 5.41) is 7.24. The first-order valence-corrected chi connectivity index (χ1v) is 4.82. The maximum absolute atomic E-state index is 12.1. The van der Waals surface area contributed by atoms with E-state index >= 15 is 0 Å². The second kappa shape index (κ2) is 3.30. The average molecular weight is 212 g/mol. The minimum absolute atomic E-state index is 0.0863. The van der Waals surface area contributed by atoms with Crippen LogP contribution in [0.25, 0.3) is 11.0 Å². The van der Waals surface area contributed by atoms with Gasteiger partial charge in [0.2, 0.25) is 5.78 Å². The highest BCUT2D eigenvalue weighted by Crippen LogP contribution is 2.18. The van der Waals surface area contributed by atoms with Gasteiger partial charge in [-0.1, -0.05) is 0 Å². The Morgan fingerprint density at radius 2 is 2.19 bits per heavy atom. The highest BCUT2D eigenvalue weighted by Gasteiger charge is 2.14. The first kappa shape index (κ1) is 8.84. The van der Waals surface area contributed by atoms with Crippen molar-refractivity contribution in [1.29, 1.82) is 0 Å². The molecule has 0 fully saturated rings. The molecular formula is C11H8N4O. The molecular weight excluding hydrogens is 204 g/mol. The lowest BCUT2D eigenvalue weighted by atomic mass is 10.1. The zero-order valence-corrected chi connectivity index (χ0v) is 8.27. The van der Waals surface area contributed by atoms with Crippen molar-refractivity contribution in [3.05, 3.63) is 48.0 Å². The fourth-order valence-electron chi connectivity index (χ4n) is 1.67.